The molecule has 5 nitrogen and oxygen atoms in total. The molecule has 94 valence electrons. The molecule has 2 rings (SSSR count). The maximum absolute atomic E-state index is 4.03. The predicted molar refractivity (Wildman–Crippen MR) is 72.9 cm³/mol. The standard InChI is InChI=1S/C12H15N5S/c1-10(8-13-2)9-18-12-14-15-16-17(12)11-6-4-3-5-7-11/h3-7,13H,1,8-9H2,2H3. The number of tetrazole rings is 1. The summed E-state index contributed by atoms with van der Waals surface area (Å²) >= 11 is 1.58. The summed E-state index contributed by atoms with van der Waals surface area (Å²) in [5, 5.41) is 15.6. The van der Waals surface area contributed by atoms with Crippen molar-refractivity contribution < 1.29 is 0 Å². The molecule has 0 aliphatic carbocycles. The van der Waals surface area contributed by atoms with Crippen molar-refractivity contribution in [3.63, 3.8) is 0 Å². The molecule has 1 aromatic heterocycles. The monoisotopic (exact) mass is 261 g/mol. The molecule has 0 saturated heterocycles. The van der Waals surface area contributed by atoms with Gasteiger partial charge in [0.1, 0.15) is 0 Å². The summed E-state index contributed by atoms with van der Waals surface area (Å²) < 4.78 is 1.73. The Kier molecular flexibility index (Phi) is 4.49. The molecule has 0 spiro atoms. The van der Waals surface area contributed by atoms with E-state index >= 15 is 0 Å². The van der Waals surface area contributed by atoms with E-state index in [9.17, 15) is 0 Å². The number of rotatable bonds is 6. The molecule has 0 amide bonds. The Hall–Kier alpha value is -1.66. The zero-order valence-corrected chi connectivity index (χ0v) is 11.0. The third-order valence-corrected chi connectivity index (χ3v) is 3.34. The zero-order chi connectivity index (χ0) is 12.8. The molecule has 0 bridgehead atoms. The molecule has 2 aromatic rings. The first-order valence-corrected chi connectivity index (χ1v) is 6.57. The van der Waals surface area contributed by atoms with Gasteiger partial charge in [-0.1, -0.05) is 42.1 Å². The Morgan fingerprint density at radius 3 is 2.89 bits per heavy atom. The van der Waals surface area contributed by atoms with Crippen LogP contribution in [0.15, 0.2) is 47.6 Å². The van der Waals surface area contributed by atoms with E-state index in [-0.39, 0.29) is 0 Å². The normalized spacial score (nSPS) is 10.5. The van der Waals surface area contributed by atoms with Gasteiger partial charge in [-0.2, -0.15) is 4.68 Å². The lowest BCUT2D eigenvalue weighted by molar-refractivity contribution is 0.756. The molecule has 6 heteroatoms. The highest BCUT2D eigenvalue weighted by atomic mass is 32.2. The van der Waals surface area contributed by atoms with Gasteiger partial charge in [0, 0.05) is 12.3 Å². The fraction of sp³-hybridized carbons (Fsp3) is 0.250. The van der Waals surface area contributed by atoms with Crippen molar-refractivity contribution in [3.05, 3.63) is 42.5 Å². The van der Waals surface area contributed by atoms with Gasteiger partial charge in [-0.05, 0) is 29.6 Å². The number of benzene rings is 1. The fourth-order valence-corrected chi connectivity index (χ4v) is 2.26. The maximum atomic E-state index is 4.03. The van der Waals surface area contributed by atoms with Crippen LogP contribution < -0.4 is 5.32 Å². The maximum Gasteiger partial charge on any atom is 0.214 e. The number of hydrogen-bond donors (Lipinski definition) is 1. The topological polar surface area (TPSA) is 55.6 Å². The number of nitrogens with zero attached hydrogens (tertiary/aromatic N) is 4. The van der Waals surface area contributed by atoms with Crippen molar-refractivity contribution in [1.82, 2.24) is 25.5 Å². The van der Waals surface area contributed by atoms with Crippen LogP contribution in [0.25, 0.3) is 5.69 Å². The van der Waals surface area contributed by atoms with Gasteiger partial charge in [-0.25, -0.2) is 0 Å². The molecule has 0 atom stereocenters. The first-order chi connectivity index (χ1) is 8.81. The lowest BCUT2D eigenvalue weighted by Gasteiger charge is -2.05. The van der Waals surface area contributed by atoms with Gasteiger partial charge in [0.25, 0.3) is 0 Å². The summed E-state index contributed by atoms with van der Waals surface area (Å²) in [6.45, 7) is 4.79. The molecule has 1 aromatic carbocycles. The summed E-state index contributed by atoms with van der Waals surface area (Å²) in [4.78, 5) is 0. The highest BCUT2D eigenvalue weighted by molar-refractivity contribution is 7.99. The first-order valence-electron chi connectivity index (χ1n) is 5.59. The second-order valence-corrected chi connectivity index (χ2v) is 4.72. The van der Waals surface area contributed by atoms with Crippen LogP contribution in [0.1, 0.15) is 0 Å². The summed E-state index contributed by atoms with van der Waals surface area (Å²) in [6, 6.07) is 9.85. The van der Waals surface area contributed by atoms with Crippen LogP contribution in [-0.2, 0) is 0 Å². The van der Waals surface area contributed by atoms with Crippen LogP contribution in [-0.4, -0.2) is 39.6 Å². The molecule has 0 fully saturated rings. The Labute approximate surface area is 110 Å². The van der Waals surface area contributed by atoms with E-state index in [2.05, 4.69) is 27.4 Å². The minimum Gasteiger partial charge on any atom is -0.316 e. The quantitative estimate of drug-likeness (QED) is 0.631. The minimum absolute atomic E-state index is 0.776. The van der Waals surface area contributed by atoms with Crippen LogP contribution in [0.5, 0.6) is 0 Å². The Bertz CT molecular complexity index is 508. The van der Waals surface area contributed by atoms with Crippen molar-refractivity contribution in [2.45, 2.75) is 5.16 Å². The highest BCUT2D eigenvalue weighted by Gasteiger charge is 2.08. The second kappa shape index (κ2) is 6.32. The molecule has 0 aliphatic heterocycles. The number of nitrogens with one attached hydrogen (secondary N) is 1. The van der Waals surface area contributed by atoms with E-state index < -0.39 is 0 Å². The molecular weight excluding hydrogens is 246 g/mol. The summed E-state index contributed by atoms with van der Waals surface area (Å²) in [6.07, 6.45) is 0. The Balaban J connectivity index is 2.07. The molecular formula is C12H15N5S. The number of para-hydroxylation sites is 1. The SMILES string of the molecule is C=C(CNC)CSc1nnnn1-c1ccccc1. The van der Waals surface area contributed by atoms with Crippen LogP contribution in [0.2, 0.25) is 0 Å². The van der Waals surface area contributed by atoms with E-state index in [1.807, 2.05) is 37.4 Å². The average molecular weight is 261 g/mol. The number of likely N-dealkylation sites (N-methyl/N-ethyl adjacent to an activating group) is 1. The van der Waals surface area contributed by atoms with E-state index in [1.165, 1.54) is 0 Å². The van der Waals surface area contributed by atoms with E-state index in [0.717, 1.165) is 28.7 Å². The molecule has 1 heterocycles. The molecule has 0 saturated carbocycles. The van der Waals surface area contributed by atoms with E-state index in [0.29, 0.717) is 0 Å². The molecule has 18 heavy (non-hydrogen) atoms. The number of thioether (sulfide) groups is 1. The van der Waals surface area contributed by atoms with Crippen molar-refractivity contribution in [3.8, 4) is 5.69 Å². The summed E-state index contributed by atoms with van der Waals surface area (Å²) in [5.41, 5.74) is 2.08. The molecule has 0 radical (unpaired) electrons. The minimum atomic E-state index is 0.776. The van der Waals surface area contributed by atoms with Crippen molar-refractivity contribution in [2.24, 2.45) is 0 Å². The van der Waals surface area contributed by atoms with Gasteiger partial charge in [0.2, 0.25) is 5.16 Å². The third-order valence-electron chi connectivity index (χ3n) is 2.27. The number of aromatic nitrogens is 4. The average Bonchev–Trinajstić information content (AvgIpc) is 2.86. The van der Waals surface area contributed by atoms with Gasteiger partial charge in [-0.3, -0.25) is 0 Å². The molecule has 1 N–H and O–H groups in total. The van der Waals surface area contributed by atoms with Crippen molar-refractivity contribution >= 4 is 11.8 Å². The van der Waals surface area contributed by atoms with Gasteiger partial charge >= 0.3 is 0 Å². The molecule has 0 unspecified atom stereocenters. The van der Waals surface area contributed by atoms with Crippen LogP contribution in [0.3, 0.4) is 0 Å². The fourth-order valence-electron chi connectivity index (χ4n) is 1.47. The largest absolute Gasteiger partial charge is 0.316 e. The van der Waals surface area contributed by atoms with E-state index in [1.54, 1.807) is 16.4 Å². The van der Waals surface area contributed by atoms with Crippen LogP contribution >= 0.6 is 11.8 Å². The van der Waals surface area contributed by atoms with Gasteiger partial charge in [0.15, 0.2) is 0 Å². The zero-order valence-electron chi connectivity index (χ0n) is 10.2. The van der Waals surface area contributed by atoms with Gasteiger partial charge in [0.05, 0.1) is 5.69 Å². The highest BCUT2D eigenvalue weighted by Crippen LogP contribution is 2.19. The van der Waals surface area contributed by atoms with Gasteiger partial charge < -0.3 is 5.32 Å². The lowest BCUT2D eigenvalue weighted by Crippen LogP contribution is -2.11. The van der Waals surface area contributed by atoms with Crippen LogP contribution in [0.4, 0.5) is 0 Å². The van der Waals surface area contributed by atoms with Crippen molar-refractivity contribution in [1.29, 1.82) is 0 Å². The Morgan fingerprint density at radius 1 is 1.39 bits per heavy atom. The van der Waals surface area contributed by atoms with Gasteiger partial charge in [-0.15, -0.1) is 5.10 Å². The van der Waals surface area contributed by atoms with E-state index in [4.69, 9.17) is 0 Å². The second-order valence-electron chi connectivity index (χ2n) is 3.78. The van der Waals surface area contributed by atoms with Crippen LogP contribution in [0, 0.1) is 0 Å². The third kappa shape index (κ3) is 3.18. The molecule has 0 aliphatic rings. The summed E-state index contributed by atoms with van der Waals surface area (Å²) in [5.74, 6) is 0.800. The Morgan fingerprint density at radius 2 is 2.17 bits per heavy atom. The lowest BCUT2D eigenvalue weighted by atomic mass is 10.3. The smallest absolute Gasteiger partial charge is 0.214 e. The summed E-state index contributed by atoms with van der Waals surface area (Å²) in [7, 11) is 1.91. The first kappa shape index (κ1) is 12.8. The van der Waals surface area contributed by atoms with Crippen molar-refractivity contribution in [2.75, 3.05) is 19.3 Å². The predicted octanol–water partition coefficient (Wildman–Crippen LogP) is 1.53. The number of hydrogen-bond acceptors (Lipinski definition) is 5.